The highest BCUT2D eigenvalue weighted by Crippen LogP contribution is 2.29. The third kappa shape index (κ3) is 4.73. The summed E-state index contributed by atoms with van der Waals surface area (Å²) in [7, 11) is 0. The Morgan fingerprint density at radius 3 is 2.73 bits per heavy atom. The van der Waals surface area contributed by atoms with Gasteiger partial charge in [-0.1, -0.05) is 29.3 Å². The fourth-order valence-corrected chi connectivity index (χ4v) is 3.17. The highest BCUT2D eigenvalue weighted by Gasteiger charge is 2.11. The van der Waals surface area contributed by atoms with E-state index < -0.39 is 0 Å². The van der Waals surface area contributed by atoms with Crippen LogP contribution >= 0.6 is 11.6 Å². The standard InChI is InChI=1S/C21H21ClN2O2/c1-13-6-17(22)12-19(8-13)26-20-11-16(5-4-15(20)3)10-18-7-14(2)9-21(25)24-23-18/h4-6,8-9,11-12H,7,10H2,1-3H3,(H,24,25). The molecule has 5 heteroatoms. The van der Waals surface area contributed by atoms with Crippen LogP contribution in [0.25, 0.3) is 0 Å². The van der Waals surface area contributed by atoms with Crippen molar-refractivity contribution in [1.82, 2.24) is 5.43 Å². The van der Waals surface area contributed by atoms with Crippen molar-refractivity contribution in [2.75, 3.05) is 0 Å². The normalized spacial score (nSPS) is 14.2. The maximum Gasteiger partial charge on any atom is 0.264 e. The number of carbonyl (C=O) groups is 1. The molecule has 1 heterocycles. The molecule has 1 aliphatic heterocycles. The Bertz CT molecular complexity index is 896. The first-order chi connectivity index (χ1) is 12.4. The second-order valence-electron chi connectivity index (χ2n) is 6.66. The van der Waals surface area contributed by atoms with Crippen LogP contribution in [0, 0.1) is 13.8 Å². The molecule has 134 valence electrons. The van der Waals surface area contributed by atoms with Gasteiger partial charge in [0.15, 0.2) is 0 Å². The van der Waals surface area contributed by atoms with Crippen LogP contribution in [-0.2, 0) is 11.2 Å². The molecule has 0 saturated carbocycles. The first-order valence-corrected chi connectivity index (χ1v) is 8.84. The Morgan fingerprint density at radius 1 is 1.15 bits per heavy atom. The molecule has 4 nitrogen and oxygen atoms in total. The molecule has 0 unspecified atom stereocenters. The van der Waals surface area contributed by atoms with Gasteiger partial charge in [-0.15, -0.1) is 0 Å². The third-order valence-corrected chi connectivity index (χ3v) is 4.31. The molecular formula is C21H21ClN2O2. The molecule has 1 amide bonds. The van der Waals surface area contributed by atoms with Gasteiger partial charge in [-0.25, -0.2) is 5.43 Å². The highest BCUT2D eigenvalue weighted by molar-refractivity contribution is 6.30. The fourth-order valence-electron chi connectivity index (χ4n) is 2.89. The molecule has 2 aromatic rings. The van der Waals surface area contributed by atoms with E-state index in [2.05, 4.69) is 16.6 Å². The van der Waals surface area contributed by atoms with Crippen LogP contribution in [0.5, 0.6) is 11.5 Å². The topological polar surface area (TPSA) is 50.7 Å². The SMILES string of the molecule is CC1=CC(=O)NN=C(Cc2ccc(C)c(Oc3cc(C)cc(Cl)c3)c2)C1. The summed E-state index contributed by atoms with van der Waals surface area (Å²) >= 11 is 6.12. The maximum absolute atomic E-state index is 11.5. The van der Waals surface area contributed by atoms with Crippen LogP contribution in [0.1, 0.15) is 30.0 Å². The zero-order valence-corrected chi connectivity index (χ0v) is 15.9. The lowest BCUT2D eigenvalue weighted by atomic mass is 10.0. The van der Waals surface area contributed by atoms with Gasteiger partial charge in [0.1, 0.15) is 11.5 Å². The van der Waals surface area contributed by atoms with Crippen molar-refractivity contribution in [3.63, 3.8) is 0 Å². The monoisotopic (exact) mass is 368 g/mol. The number of halogens is 1. The molecule has 1 aliphatic rings. The molecule has 0 bridgehead atoms. The largest absolute Gasteiger partial charge is 0.457 e. The van der Waals surface area contributed by atoms with Gasteiger partial charge in [0.25, 0.3) is 5.91 Å². The van der Waals surface area contributed by atoms with E-state index in [1.54, 1.807) is 12.1 Å². The molecule has 26 heavy (non-hydrogen) atoms. The van der Waals surface area contributed by atoms with Crippen molar-refractivity contribution in [3.05, 3.63) is 69.8 Å². The van der Waals surface area contributed by atoms with Gasteiger partial charge in [-0.3, -0.25) is 4.79 Å². The lowest BCUT2D eigenvalue weighted by Crippen LogP contribution is -2.15. The summed E-state index contributed by atoms with van der Waals surface area (Å²) in [5.74, 6) is 1.32. The van der Waals surface area contributed by atoms with Crippen molar-refractivity contribution in [3.8, 4) is 11.5 Å². The Kier molecular flexibility index (Phi) is 5.43. The summed E-state index contributed by atoms with van der Waals surface area (Å²) < 4.78 is 6.06. The highest BCUT2D eigenvalue weighted by atomic mass is 35.5. The van der Waals surface area contributed by atoms with Crippen LogP contribution in [-0.4, -0.2) is 11.6 Å². The molecule has 0 aliphatic carbocycles. The predicted molar refractivity (Wildman–Crippen MR) is 105 cm³/mol. The van der Waals surface area contributed by atoms with Gasteiger partial charge in [0.2, 0.25) is 0 Å². The third-order valence-electron chi connectivity index (χ3n) is 4.09. The lowest BCUT2D eigenvalue weighted by molar-refractivity contribution is -0.116. The molecular weight excluding hydrogens is 348 g/mol. The number of hydrogen-bond donors (Lipinski definition) is 1. The number of rotatable bonds is 4. The minimum Gasteiger partial charge on any atom is -0.457 e. The molecule has 0 aromatic heterocycles. The van der Waals surface area contributed by atoms with Gasteiger partial charge in [0, 0.05) is 29.7 Å². The number of carbonyl (C=O) groups excluding carboxylic acids is 1. The molecule has 3 rings (SSSR count). The van der Waals surface area contributed by atoms with Gasteiger partial charge >= 0.3 is 0 Å². The molecule has 0 radical (unpaired) electrons. The van der Waals surface area contributed by atoms with Crippen LogP contribution in [0.15, 0.2) is 53.1 Å². The van der Waals surface area contributed by atoms with Crippen LogP contribution in [0.3, 0.4) is 0 Å². The summed E-state index contributed by atoms with van der Waals surface area (Å²) in [6.07, 6.45) is 2.91. The zero-order chi connectivity index (χ0) is 18.7. The van der Waals surface area contributed by atoms with Gasteiger partial charge in [-0.05, 0) is 61.7 Å². The lowest BCUT2D eigenvalue weighted by Gasteiger charge is -2.12. The van der Waals surface area contributed by atoms with Gasteiger partial charge in [-0.2, -0.15) is 5.10 Å². The minimum atomic E-state index is -0.179. The van der Waals surface area contributed by atoms with E-state index in [1.165, 1.54) is 0 Å². The number of nitrogens with zero attached hydrogens (tertiary/aromatic N) is 1. The van der Waals surface area contributed by atoms with Crippen molar-refractivity contribution in [2.24, 2.45) is 5.10 Å². The fraction of sp³-hybridized carbons (Fsp3) is 0.238. The molecule has 0 saturated heterocycles. The Hall–Kier alpha value is -2.59. The van der Waals surface area contributed by atoms with Crippen LogP contribution < -0.4 is 10.2 Å². The summed E-state index contributed by atoms with van der Waals surface area (Å²) in [6, 6.07) is 11.8. The Balaban J connectivity index is 1.81. The van der Waals surface area contributed by atoms with E-state index in [0.29, 0.717) is 23.6 Å². The summed E-state index contributed by atoms with van der Waals surface area (Å²) in [6.45, 7) is 5.93. The van der Waals surface area contributed by atoms with E-state index in [-0.39, 0.29) is 5.91 Å². The second kappa shape index (κ2) is 7.75. The quantitative estimate of drug-likeness (QED) is 0.814. The zero-order valence-electron chi connectivity index (χ0n) is 15.1. The molecule has 0 atom stereocenters. The summed E-state index contributed by atoms with van der Waals surface area (Å²) in [5, 5.41) is 4.87. The Morgan fingerprint density at radius 2 is 1.96 bits per heavy atom. The number of benzene rings is 2. The average molecular weight is 369 g/mol. The number of hydrogen-bond acceptors (Lipinski definition) is 3. The van der Waals surface area contributed by atoms with Crippen LogP contribution in [0.4, 0.5) is 0 Å². The van der Waals surface area contributed by atoms with E-state index in [1.807, 2.05) is 45.0 Å². The van der Waals surface area contributed by atoms with Crippen molar-refractivity contribution in [1.29, 1.82) is 0 Å². The van der Waals surface area contributed by atoms with Crippen molar-refractivity contribution in [2.45, 2.75) is 33.6 Å². The first-order valence-electron chi connectivity index (χ1n) is 8.46. The van der Waals surface area contributed by atoms with E-state index in [9.17, 15) is 4.79 Å². The number of nitrogens with one attached hydrogen (secondary N) is 1. The maximum atomic E-state index is 11.5. The van der Waals surface area contributed by atoms with Gasteiger partial charge < -0.3 is 4.74 Å². The second-order valence-corrected chi connectivity index (χ2v) is 7.10. The molecule has 1 N–H and O–H groups in total. The average Bonchev–Trinajstić information content (AvgIpc) is 2.70. The van der Waals surface area contributed by atoms with Crippen molar-refractivity contribution >= 4 is 23.2 Å². The van der Waals surface area contributed by atoms with Gasteiger partial charge in [0.05, 0.1) is 0 Å². The molecule has 0 fully saturated rings. The van der Waals surface area contributed by atoms with E-state index >= 15 is 0 Å². The van der Waals surface area contributed by atoms with E-state index in [4.69, 9.17) is 16.3 Å². The molecule has 0 spiro atoms. The smallest absolute Gasteiger partial charge is 0.264 e. The number of allylic oxidation sites excluding steroid dienone is 1. The first kappa shape index (κ1) is 18.2. The van der Waals surface area contributed by atoms with Crippen molar-refractivity contribution < 1.29 is 9.53 Å². The molecule has 2 aromatic carbocycles. The number of aryl methyl sites for hydroxylation is 2. The number of ether oxygens (including phenoxy) is 1. The number of hydrazone groups is 1. The predicted octanol–water partition coefficient (Wildman–Crippen LogP) is 5.11. The summed E-state index contributed by atoms with van der Waals surface area (Å²) in [4.78, 5) is 11.5. The summed E-state index contributed by atoms with van der Waals surface area (Å²) in [5.41, 5.74) is 7.63. The minimum absolute atomic E-state index is 0.179. The van der Waals surface area contributed by atoms with E-state index in [0.717, 1.165) is 33.7 Å². The number of amides is 1. The van der Waals surface area contributed by atoms with Crippen LogP contribution in [0.2, 0.25) is 5.02 Å². The Labute approximate surface area is 158 Å².